The summed E-state index contributed by atoms with van der Waals surface area (Å²) in [5.41, 5.74) is 4.54. The van der Waals surface area contributed by atoms with Crippen molar-refractivity contribution in [2.45, 2.75) is 38.2 Å². The summed E-state index contributed by atoms with van der Waals surface area (Å²) in [4.78, 5) is 5.50. The number of benzene rings is 2. The van der Waals surface area contributed by atoms with E-state index in [2.05, 4.69) is 28.7 Å². The highest BCUT2D eigenvalue weighted by Crippen LogP contribution is 2.27. The molecule has 172 valence electrons. The van der Waals surface area contributed by atoms with Crippen LogP contribution in [0.4, 0.5) is 0 Å². The Hall–Kier alpha value is -2.83. The number of ether oxygens (including phenoxy) is 2. The van der Waals surface area contributed by atoms with E-state index in [0.717, 1.165) is 55.0 Å². The minimum absolute atomic E-state index is 0.172. The summed E-state index contributed by atoms with van der Waals surface area (Å²) in [7, 11) is 3.26. The second-order valence-electron chi connectivity index (χ2n) is 7.92. The van der Waals surface area contributed by atoms with Gasteiger partial charge in [-0.3, -0.25) is 0 Å². The smallest absolute Gasteiger partial charge is 0.160 e. The van der Waals surface area contributed by atoms with E-state index in [0.29, 0.717) is 6.54 Å². The van der Waals surface area contributed by atoms with Gasteiger partial charge in [0.05, 0.1) is 19.9 Å². The highest BCUT2D eigenvalue weighted by Gasteiger charge is 2.14. The van der Waals surface area contributed by atoms with E-state index in [9.17, 15) is 5.11 Å². The SMILES string of the molecule is COc1ccc(CCNC[C@H](O)CO/N=C2\CCCC\C2=C/c2ccccc2)cc1OC. The molecule has 0 spiro atoms. The molecule has 6 nitrogen and oxygen atoms in total. The fourth-order valence-electron chi connectivity index (χ4n) is 3.72. The fraction of sp³-hybridized carbons (Fsp3) is 0.423. The van der Waals surface area contributed by atoms with Crippen molar-refractivity contribution in [2.75, 3.05) is 33.9 Å². The van der Waals surface area contributed by atoms with Gasteiger partial charge in [0.1, 0.15) is 12.7 Å². The summed E-state index contributed by atoms with van der Waals surface area (Å²) in [6, 6.07) is 16.2. The molecule has 3 rings (SSSR count). The van der Waals surface area contributed by atoms with Crippen molar-refractivity contribution in [3.8, 4) is 11.5 Å². The number of rotatable bonds is 11. The molecule has 32 heavy (non-hydrogen) atoms. The van der Waals surface area contributed by atoms with Crippen molar-refractivity contribution < 1.29 is 19.4 Å². The molecule has 0 amide bonds. The lowest BCUT2D eigenvalue weighted by Gasteiger charge is -2.17. The molecule has 0 heterocycles. The number of aliphatic hydroxyl groups excluding tert-OH is 1. The van der Waals surface area contributed by atoms with Crippen molar-refractivity contribution in [1.82, 2.24) is 5.32 Å². The Morgan fingerprint density at radius 1 is 1.03 bits per heavy atom. The van der Waals surface area contributed by atoms with E-state index in [4.69, 9.17) is 14.3 Å². The summed E-state index contributed by atoms with van der Waals surface area (Å²) >= 11 is 0. The average Bonchev–Trinajstić information content (AvgIpc) is 2.83. The third kappa shape index (κ3) is 7.39. The molecule has 0 unspecified atom stereocenters. The second-order valence-corrected chi connectivity index (χ2v) is 7.92. The molecule has 1 atom stereocenters. The van der Waals surface area contributed by atoms with E-state index in [1.54, 1.807) is 14.2 Å². The zero-order valence-corrected chi connectivity index (χ0v) is 19.0. The van der Waals surface area contributed by atoms with Crippen LogP contribution in [0.2, 0.25) is 0 Å². The monoisotopic (exact) mass is 438 g/mol. The summed E-state index contributed by atoms with van der Waals surface area (Å²) in [5.74, 6) is 1.44. The van der Waals surface area contributed by atoms with E-state index in [1.807, 2.05) is 36.4 Å². The highest BCUT2D eigenvalue weighted by atomic mass is 16.6. The van der Waals surface area contributed by atoms with Gasteiger partial charge in [0.15, 0.2) is 11.5 Å². The lowest BCUT2D eigenvalue weighted by atomic mass is 9.91. The normalized spacial score (nSPS) is 17.3. The number of oxime groups is 1. The molecule has 1 fully saturated rings. The molecular formula is C26H34N2O4. The zero-order valence-electron chi connectivity index (χ0n) is 19.0. The number of hydrogen-bond donors (Lipinski definition) is 2. The maximum absolute atomic E-state index is 10.2. The lowest BCUT2D eigenvalue weighted by molar-refractivity contribution is 0.0402. The number of methoxy groups -OCH3 is 2. The second kappa shape index (κ2) is 12.9. The number of hydrogen-bond acceptors (Lipinski definition) is 6. The highest BCUT2D eigenvalue weighted by molar-refractivity contribution is 6.03. The Morgan fingerprint density at radius 2 is 1.81 bits per heavy atom. The molecule has 6 heteroatoms. The third-order valence-corrected chi connectivity index (χ3v) is 5.48. The van der Waals surface area contributed by atoms with E-state index < -0.39 is 6.10 Å². The topological polar surface area (TPSA) is 72.3 Å². The number of nitrogens with one attached hydrogen (secondary N) is 1. The van der Waals surface area contributed by atoms with Crippen LogP contribution in [0.3, 0.4) is 0 Å². The van der Waals surface area contributed by atoms with Crippen LogP contribution in [-0.4, -0.2) is 50.8 Å². The van der Waals surface area contributed by atoms with Gasteiger partial charge in [-0.05, 0) is 73.6 Å². The first-order chi connectivity index (χ1) is 15.7. The molecule has 2 aromatic carbocycles. The fourth-order valence-corrected chi connectivity index (χ4v) is 3.72. The first kappa shape index (κ1) is 23.8. The minimum Gasteiger partial charge on any atom is -0.493 e. The van der Waals surface area contributed by atoms with Crippen LogP contribution < -0.4 is 14.8 Å². The van der Waals surface area contributed by atoms with Crippen molar-refractivity contribution in [3.05, 3.63) is 65.2 Å². The Balaban J connectivity index is 1.41. The van der Waals surface area contributed by atoms with Crippen LogP contribution in [0.25, 0.3) is 6.08 Å². The van der Waals surface area contributed by atoms with Gasteiger partial charge in [-0.2, -0.15) is 0 Å². The Bertz CT molecular complexity index is 896. The standard InChI is InChI=1S/C26H34N2O4/c1-30-25-13-12-21(17-26(25)31-2)14-15-27-18-23(29)19-32-28-24-11-7-6-10-22(24)16-20-8-4-3-5-9-20/h3-5,8-9,12-13,16-17,23,27,29H,6-7,10-11,14-15,18-19H2,1-2H3/b22-16+,28-24+/t23-/m0/s1. The van der Waals surface area contributed by atoms with E-state index >= 15 is 0 Å². The van der Waals surface area contributed by atoms with Gasteiger partial charge in [0.2, 0.25) is 0 Å². The molecule has 0 saturated heterocycles. The third-order valence-electron chi connectivity index (χ3n) is 5.48. The molecule has 0 radical (unpaired) electrons. The van der Waals surface area contributed by atoms with Crippen LogP contribution in [0.15, 0.2) is 59.3 Å². The number of aliphatic hydroxyl groups is 1. The summed E-state index contributed by atoms with van der Waals surface area (Å²) in [6.07, 6.45) is 6.61. The predicted octanol–water partition coefficient (Wildman–Crippen LogP) is 4.23. The Kier molecular flexibility index (Phi) is 9.60. The molecule has 1 saturated carbocycles. The van der Waals surface area contributed by atoms with Crippen LogP contribution in [0, 0.1) is 0 Å². The maximum Gasteiger partial charge on any atom is 0.160 e. The van der Waals surface area contributed by atoms with Gasteiger partial charge < -0.3 is 24.7 Å². The quantitative estimate of drug-likeness (QED) is 0.406. The molecule has 2 aromatic rings. The summed E-state index contributed by atoms with van der Waals surface area (Å²) < 4.78 is 10.6. The van der Waals surface area contributed by atoms with Gasteiger partial charge in [-0.1, -0.05) is 41.6 Å². The van der Waals surface area contributed by atoms with Crippen molar-refractivity contribution in [3.63, 3.8) is 0 Å². The zero-order chi connectivity index (χ0) is 22.6. The summed E-state index contributed by atoms with van der Waals surface area (Å²) in [6.45, 7) is 1.36. The van der Waals surface area contributed by atoms with Crippen LogP contribution in [-0.2, 0) is 11.3 Å². The Morgan fingerprint density at radius 3 is 2.59 bits per heavy atom. The maximum atomic E-state index is 10.2. The van der Waals surface area contributed by atoms with Crippen molar-refractivity contribution in [1.29, 1.82) is 0 Å². The van der Waals surface area contributed by atoms with E-state index in [1.165, 1.54) is 17.6 Å². The largest absolute Gasteiger partial charge is 0.493 e. The summed E-state index contributed by atoms with van der Waals surface area (Å²) in [5, 5.41) is 17.8. The van der Waals surface area contributed by atoms with Gasteiger partial charge in [0, 0.05) is 6.54 Å². The molecular weight excluding hydrogens is 404 g/mol. The van der Waals surface area contributed by atoms with Crippen LogP contribution in [0.1, 0.15) is 36.8 Å². The first-order valence-corrected chi connectivity index (χ1v) is 11.2. The predicted molar refractivity (Wildman–Crippen MR) is 128 cm³/mol. The Labute approximate surface area is 190 Å². The molecule has 0 aromatic heterocycles. The lowest BCUT2D eigenvalue weighted by Crippen LogP contribution is -2.31. The number of allylic oxidation sites excluding steroid dienone is 1. The van der Waals surface area contributed by atoms with Crippen molar-refractivity contribution >= 4 is 11.8 Å². The molecule has 0 bridgehead atoms. The van der Waals surface area contributed by atoms with Gasteiger partial charge in [0.25, 0.3) is 0 Å². The molecule has 0 aliphatic heterocycles. The average molecular weight is 439 g/mol. The molecule has 1 aliphatic rings. The first-order valence-electron chi connectivity index (χ1n) is 11.2. The number of nitrogens with zero attached hydrogens (tertiary/aromatic N) is 1. The van der Waals surface area contributed by atoms with Crippen LogP contribution >= 0.6 is 0 Å². The van der Waals surface area contributed by atoms with Crippen LogP contribution in [0.5, 0.6) is 11.5 Å². The van der Waals surface area contributed by atoms with Crippen molar-refractivity contribution in [2.24, 2.45) is 5.16 Å². The van der Waals surface area contributed by atoms with Gasteiger partial charge in [-0.25, -0.2) is 0 Å². The minimum atomic E-state index is -0.616. The molecule has 2 N–H and O–H groups in total. The molecule has 1 aliphatic carbocycles. The van der Waals surface area contributed by atoms with E-state index in [-0.39, 0.29) is 6.61 Å². The van der Waals surface area contributed by atoms with Gasteiger partial charge >= 0.3 is 0 Å². The van der Waals surface area contributed by atoms with Gasteiger partial charge in [-0.15, -0.1) is 0 Å².